The lowest BCUT2D eigenvalue weighted by Crippen LogP contribution is -2.36. The van der Waals surface area contributed by atoms with Crippen molar-refractivity contribution in [2.45, 2.75) is 93.0 Å². The highest BCUT2D eigenvalue weighted by Gasteiger charge is 2.28. The van der Waals surface area contributed by atoms with Crippen molar-refractivity contribution in [1.29, 1.82) is 0 Å². The van der Waals surface area contributed by atoms with Crippen molar-refractivity contribution in [2.24, 2.45) is 11.3 Å². The number of aromatic nitrogens is 2. The third kappa shape index (κ3) is 7.09. The van der Waals surface area contributed by atoms with Gasteiger partial charge >= 0.3 is 5.97 Å². The summed E-state index contributed by atoms with van der Waals surface area (Å²) in [7, 11) is 0. The summed E-state index contributed by atoms with van der Waals surface area (Å²) in [6.45, 7) is 17.5. The van der Waals surface area contributed by atoms with Gasteiger partial charge in [-0.1, -0.05) is 47.5 Å². The first kappa shape index (κ1) is 26.8. The minimum absolute atomic E-state index is 0.0443. The highest BCUT2D eigenvalue weighted by Crippen LogP contribution is 2.35. The van der Waals surface area contributed by atoms with Gasteiger partial charge in [0.1, 0.15) is 22.9 Å². The van der Waals surface area contributed by atoms with Gasteiger partial charge in [0, 0.05) is 17.3 Å². The molecule has 0 saturated heterocycles. The van der Waals surface area contributed by atoms with Gasteiger partial charge in [0.05, 0.1) is 5.92 Å². The molecular formula is C30H43N3O2. The van der Waals surface area contributed by atoms with Crippen molar-refractivity contribution in [2.75, 3.05) is 5.32 Å². The average molecular weight is 478 g/mol. The zero-order valence-corrected chi connectivity index (χ0v) is 22.9. The van der Waals surface area contributed by atoms with E-state index in [2.05, 4.69) is 76.5 Å². The number of nitrogens with one attached hydrogen (secondary N) is 1. The standard InChI is InChI=1S/C30H43N3O2/c1-9-11-12-22(10-2)28(34)35-24-15-13-23(14-16-24)26-27(32-30(7,8)20-29(4,5)6)33-18-17-21(3)19-25(33)31-26/h13-19,22,32H,9-12,20H2,1-8H3. The molecule has 35 heavy (non-hydrogen) atoms. The molecule has 1 N–H and O–H groups in total. The maximum atomic E-state index is 12.6. The van der Waals surface area contributed by atoms with E-state index in [1.54, 1.807) is 0 Å². The van der Waals surface area contributed by atoms with Crippen LogP contribution in [0.25, 0.3) is 16.9 Å². The van der Waals surface area contributed by atoms with Crippen LogP contribution < -0.4 is 10.1 Å². The molecule has 5 nitrogen and oxygen atoms in total. The summed E-state index contributed by atoms with van der Waals surface area (Å²) in [5.74, 6) is 1.38. The third-order valence-electron chi connectivity index (χ3n) is 6.29. The molecule has 0 bridgehead atoms. The first-order valence-corrected chi connectivity index (χ1v) is 13.0. The molecular weight excluding hydrogens is 434 g/mol. The summed E-state index contributed by atoms with van der Waals surface area (Å²) in [5.41, 5.74) is 4.02. The Kier molecular flexibility index (Phi) is 8.30. The monoisotopic (exact) mass is 477 g/mol. The van der Waals surface area contributed by atoms with Crippen LogP contribution in [-0.2, 0) is 4.79 Å². The Morgan fingerprint density at radius 2 is 1.77 bits per heavy atom. The zero-order valence-electron chi connectivity index (χ0n) is 22.9. The molecule has 2 heterocycles. The quantitative estimate of drug-likeness (QED) is 0.237. The van der Waals surface area contributed by atoms with Crippen molar-refractivity contribution in [3.8, 4) is 17.0 Å². The number of rotatable bonds is 10. The maximum Gasteiger partial charge on any atom is 0.314 e. The Bertz CT molecular complexity index is 1140. The summed E-state index contributed by atoms with van der Waals surface area (Å²) in [4.78, 5) is 17.6. The number of esters is 1. The molecule has 0 spiro atoms. The van der Waals surface area contributed by atoms with E-state index in [0.717, 1.165) is 54.8 Å². The number of carbonyl (C=O) groups excluding carboxylic acids is 1. The molecule has 0 aliphatic rings. The summed E-state index contributed by atoms with van der Waals surface area (Å²) in [6, 6.07) is 11.9. The average Bonchev–Trinajstić information content (AvgIpc) is 3.09. The van der Waals surface area contributed by atoms with Crippen LogP contribution in [0.15, 0.2) is 42.6 Å². The Hall–Kier alpha value is -2.82. The minimum Gasteiger partial charge on any atom is -0.426 e. The van der Waals surface area contributed by atoms with Crippen molar-refractivity contribution >= 4 is 17.4 Å². The largest absolute Gasteiger partial charge is 0.426 e. The second kappa shape index (κ2) is 10.8. The molecule has 0 aliphatic carbocycles. The van der Waals surface area contributed by atoms with Crippen LogP contribution in [0.1, 0.15) is 86.1 Å². The Balaban J connectivity index is 1.91. The molecule has 5 heteroatoms. The van der Waals surface area contributed by atoms with Crippen LogP contribution in [0.5, 0.6) is 5.75 Å². The fraction of sp³-hybridized carbons (Fsp3) is 0.533. The Morgan fingerprint density at radius 3 is 2.37 bits per heavy atom. The van der Waals surface area contributed by atoms with Gasteiger partial charge in [-0.05, 0) is 87.4 Å². The number of nitrogens with zero attached hydrogens (tertiary/aromatic N) is 2. The van der Waals surface area contributed by atoms with E-state index in [9.17, 15) is 4.79 Å². The number of anilines is 1. The minimum atomic E-state index is -0.136. The number of aryl methyl sites for hydroxylation is 1. The van der Waals surface area contributed by atoms with Gasteiger partial charge in [-0.3, -0.25) is 9.20 Å². The van der Waals surface area contributed by atoms with Crippen molar-refractivity contribution in [1.82, 2.24) is 9.38 Å². The van der Waals surface area contributed by atoms with Crippen molar-refractivity contribution in [3.63, 3.8) is 0 Å². The van der Waals surface area contributed by atoms with Crippen LogP contribution in [0, 0.1) is 18.3 Å². The van der Waals surface area contributed by atoms with Crippen molar-refractivity contribution < 1.29 is 9.53 Å². The van der Waals surface area contributed by atoms with Crippen LogP contribution >= 0.6 is 0 Å². The molecule has 0 fully saturated rings. The molecule has 0 aliphatic heterocycles. The summed E-state index contributed by atoms with van der Waals surface area (Å²) in [5, 5.41) is 3.79. The lowest BCUT2D eigenvalue weighted by atomic mass is 9.82. The van der Waals surface area contributed by atoms with E-state index in [-0.39, 0.29) is 22.8 Å². The summed E-state index contributed by atoms with van der Waals surface area (Å²) >= 11 is 0. The molecule has 3 aromatic rings. The van der Waals surface area contributed by atoms with E-state index < -0.39 is 0 Å². The van der Waals surface area contributed by atoms with E-state index in [0.29, 0.717) is 5.75 Å². The van der Waals surface area contributed by atoms with Crippen LogP contribution in [0.3, 0.4) is 0 Å². The summed E-state index contributed by atoms with van der Waals surface area (Å²) < 4.78 is 7.84. The number of carbonyl (C=O) groups is 1. The SMILES string of the molecule is CCCCC(CC)C(=O)Oc1ccc(-c2nc3cc(C)ccn3c2NC(C)(C)CC(C)(C)C)cc1. The van der Waals surface area contributed by atoms with E-state index in [1.807, 2.05) is 31.2 Å². The maximum absolute atomic E-state index is 12.6. The topological polar surface area (TPSA) is 55.6 Å². The Labute approximate surface area is 211 Å². The van der Waals surface area contributed by atoms with Gasteiger partial charge in [0.25, 0.3) is 0 Å². The zero-order chi connectivity index (χ0) is 25.8. The highest BCUT2D eigenvalue weighted by atomic mass is 16.5. The molecule has 0 radical (unpaired) electrons. The normalized spacial score (nSPS) is 13.1. The number of fused-ring (bicyclic) bond motifs is 1. The molecule has 1 aromatic carbocycles. The lowest BCUT2D eigenvalue weighted by molar-refractivity contribution is -0.139. The Morgan fingerprint density at radius 1 is 1.09 bits per heavy atom. The number of pyridine rings is 1. The predicted molar refractivity (Wildman–Crippen MR) is 146 cm³/mol. The number of unbranched alkanes of at least 4 members (excludes halogenated alkanes) is 1. The lowest BCUT2D eigenvalue weighted by Gasteiger charge is -2.34. The molecule has 1 unspecified atom stereocenters. The molecule has 190 valence electrons. The second-order valence-electron chi connectivity index (χ2n) is 11.7. The van der Waals surface area contributed by atoms with Crippen LogP contribution in [-0.4, -0.2) is 20.9 Å². The fourth-order valence-electron chi connectivity index (χ4n) is 4.98. The smallest absolute Gasteiger partial charge is 0.314 e. The molecule has 3 rings (SSSR count). The predicted octanol–water partition coefficient (Wildman–Crippen LogP) is 8.06. The molecule has 0 amide bonds. The molecule has 2 aromatic heterocycles. The van der Waals surface area contributed by atoms with E-state index >= 15 is 0 Å². The fourth-order valence-corrected chi connectivity index (χ4v) is 4.98. The highest BCUT2D eigenvalue weighted by molar-refractivity contribution is 5.78. The number of hydrogen-bond acceptors (Lipinski definition) is 4. The summed E-state index contributed by atoms with van der Waals surface area (Å²) in [6.07, 6.45) is 6.89. The number of hydrogen-bond donors (Lipinski definition) is 1. The van der Waals surface area contributed by atoms with Gasteiger partial charge in [0.15, 0.2) is 0 Å². The number of benzene rings is 1. The van der Waals surface area contributed by atoms with Gasteiger partial charge in [-0.25, -0.2) is 4.98 Å². The van der Waals surface area contributed by atoms with Gasteiger partial charge in [-0.2, -0.15) is 0 Å². The number of ether oxygens (including phenoxy) is 1. The van der Waals surface area contributed by atoms with Gasteiger partial charge < -0.3 is 10.1 Å². The first-order chi connectivity index (χ1) is 16.4. The third-order valence-corrected chi connectivity index (χ3v) is 6.29. The van der Waals surface area contributed by atoms with E-state index in [1.165, 1.54) is 5.56 Å². The molecule has 1 atom stereocenters. The molecule has 0 saturated carbocycles. The van der Waals surface area contributed by atoms with Gasteiger partial charge in [-0.15, -0.1) is 0 Å². The number of imidazole rings is 1. The van der Waals surface area contributed by atoms with Gasteiger partial charge in [0.2, 0.25) is 0 Å². The van der Waals surface area contributed by atoms with Crippen molar-refractivity contribution in [3.05, 3.63) is 48.2 Å². The van der Waals surface area contributed by atoms with Crippen LogP contribution in [0.4, 0.5) is 5.82 Å². The second-order valence-corrected chi connectivity index (χ2v) is 11.7. The van der Waals surface area contributed by atoms with E-state index in [4.69, 9.17) is 9.72 Å². The van der Waals surface area contributed by atoms with Crippen LogP contribution in [0.2, 0.25) is 0 Å². The first-order valence-electron chi connectivity index (χ1n) is 13.0.